The Morgan fingerprint density at radius 1 is 1.03 bits per heavy atom. The average molecular weight is 525 g/mol. The van der Waals surface area contributed by atoms with Crippen molar-refractivity contribution < 1.29 is 33.1 Å². The van der Waals surface area contributed by atoms with E-state index in [2.05, 4.69) is 10.6 Å². The minimum Gasteiger partial charge on any atom is -0.461 e. The second-order valence-electron chi connectivity index (χ2n) is 10.7. The first kappa shape index (κ1) is 29.8. The topological polar surface area (TPSA) is 111 Å². The number of hydrogen-bond donors (Lipinski definition) is 2. The maximum Gasteiger partial charge on any atom is 0.407 e. The molecule has 0 aromatic carbocycles. The van der Waals surface area contributed by atoms with Crippen LogP contribution in [-0.2, 0) is 19.1 Å². The lowest BCUT2D eigenvalue weighted by Crippen LogP contribution is -2.55. The van der Waals surface area contributed by atoms with Crippen molar-refractivity contribution in [1.29, 1.82) is 0 Å². The monoisotopic (exact) mass is 524 g/mol. The van der Waals surface area contributed by atoms with E-state index in [4.69, 9.17) is 9.47 Å². The Morgan fingerprint density at radius 2 is 1.69 bits per heavy atom. The van der Waals surface area contributed by atoms with Gasteiger partial charge in [-0.3, -0.25) is 9.59 Å². The van der Waals surface area contributed by atoms with E-state index in [1.807, 2.05) is 12.3 Å². The number of ether oxygens (including phenoxy) is 2. The minimum atomic E-state index is -0.547. The van der Waals surface area contributed by atoms with E-state index in [1.54, 1.807) is 27.7 Å². The van der Waals surface area contributed by atoms with Gasteiger partial charge in [0.25, 0.3) is 5.91 Å². The first-order valence-corrected chi connectivity index (χ1v) is 13.7. The van der Waals surface area contributed by atoms with Crippen molar-refractivity contribution in [3.63, 3.8) is 0 Å². The van der Waals surface area contributed by atoms with Crippen LogP contribution < -0.4 is 10.6 Å². The third-order valence-electron chi connectivity index (χ3n) is 5.95. The van der Waals surface area contributed by atoms with Crippen LogP contribution in [0.15, 0.2) is 5.38 Å². The Labute approximate surface area is 218 Å². The zero-order chi connectivity index (χ0) is 26.8. The Morgan fingerprint density at radius 3 is 2.31 bits per heavy atom. The zero-order valence-electron chi connectivity index (χ0n) is 22.4. The summed E-state index contributed by atoms with van der Waals surface area (Å²) < 4.78 is 11.1. The van der Waals surface area contributed by atoms with Gasteiger partial charge in [0.2, 0.25) is 0 Å². The molecule has 36 heavy (non-hydrogen) atoms. The molecule has 2 amide bonds. The molecule has 2 heterocycles. The summed E-state index contributed by atoms with van der Waals surface area (Å²) in [6.07, 6.45) is 4.99. The minimum absolute atomic E-state index is 0.0852. The number of nitrogens with zero attached hydrogens (tertiary/aromatic N) is 1. The van der Waals surface area contributed by atoms with Crippen LogP contribution in [0, 0.1) is 6.92 Å². The van der Waals surface area contributed by atoms with Gasteiger partial charge in [-0.25, -0.2) is 9.59 Å². The smallest absolute Gasteiger partial charge is 0.407 e. The van der Waals surface area contributed by atoms with Crippen molar-refractivity contribution in [1.82, 2.24) is 5.32 Å². The number of rotatable bonds is 11. The fourth-order valence-corrected chi connectivity index (χ4v) is 5.30. The molecule has 1 aromatic heterocycles. The Kier molecular flexibility index (Phi) is 11.4. The van der Waals surface area contributed by atoms with Crippen LogP contribution in [0.1, 0.15) is 81.5 Å². The van der Waals surface area contributed by atoms with E-state index in [9.17, 15) is 19.2 Å². The number of carbonyl (C=O) groups excluding carboxylic acids is 4. The summed E-state index contributed by atoms with van der Waals surface area (Å²) >= 11 is 1.24. The molecule has 1 aromatic rings. The quantitative estimate of drug-likeness (QED) is 0.252. The summed E-state index contributed by atoms with van der Waals surface area (Å²) in [6, 6.07) is 0. The molecular weight excluding hydrogens is 482 g/mol. The lowest BCUT2D eigenvalue weighted by Gasteiger charge is -2.36. The van der Waals surface area contributed by atoms with Gasteiger partial charge in [0, 0.05) is 13.5 Å². The number of esters is 1. The molecule has 0 bridgehead atoms. The standard InChI is InChI=1S/C26H41N3O6S/c1-19-18-36-23(24(32)34-15-11-8-12-27-25(33)35-26(3,4)5)22(19)28-21(31)17-29(16-20(2)30)13-9-6-7-10-14-29/h18H,6-17H2,1-5H3,(H-,27,28,31,32,33)/p+1. The number of thiophene rings is 1. The molecular formula is C26H42N3O6S+. The number of aryl methyl sites for hydroxylation is 1. The molecule has 202 valence electrons. The number of quaternary nitrogens is 1. The van der Waals surface area contributed by atoms with E-state index in [1.165, 1.54) is 11.3 Å². The van der Waals surface area contributed by atoms with Crippen molar-refractivity contribution in [2.45, 2.75) is 78.7 Å². The van der Waals surface area contributed by atoms with Crippen molar-refractivity contribution in [2.24, 2.45) is 0 Å². The molecule has 9 nitrogen and oxygen atoms in total. The van der Waals surface area contributed by atoms with Crippen molar-refractivity contribution >= 4 is 40.8 Å². The zero-order valence-corrected chi connectivity index (χ0v) is 23.2. The van der Waals surface area contributed by atoms with Gasteiger partial charge in [0.1, 0.15) is 17.0 Å². The molecule has 1 aliphatic heterocycles. The van der Waals surface area contributed by atoms with Crippen LogP contribution in [0.25, 0.3) is 0 Å². The van der Waals surface area contributed by atoms with Crippen LogP contribution in [0.5, 0.6) is 0 Å². The number of hydrogen-bond acceptors (Lipinski definition) is 7. The average Bonchev–Trinajstić information content (AvgIpc) is 2.96. The van der Waals surface area contributed by atoms with Crippen molar-refractivity contribution in [3.8, 4) is 0 Å². The van der Waals surface area contributed by atoms with Crippen LogP contribution >= 0.6 is 11.3 Å². The third kappa shape index (κ3) is 10.3. The van der Waals surface area contributed by atoms with Crippen LogP contribution in [-0.4, -0.2) is 73.2 Å². The number of Topliss-reactive ketones (excluding diaryl/α,β-unsaturated/α-hetero) is 1. The highest BCUT2D eigenvalue weighted by Gasteiger charge is 2.33. The molecule has 0 atom stereocenters. The number of unbranched alkanes of at least 4 members (excludes halogenated alkanes) is 1. The fraction of sp³-hybridized carbons (Fsp3) is 0.692. The normalized spacial score (nSPS) is 15.5. The summed E-state index contributed by atoms with van der Waals surface area (Å²) in [4.78, 5) is 49.7. The summed E-state index contributed by atoms with van der Waals surface area (Å²) in [5, 5.41) is 7.43. The third-order valence-corrected chi connectivity index (χ3v) is 7.03. The molecule has 1 saturated heterocycles. The first-order chi connectivity index (χ1) is 16.9. The van der Waals surface area contributed by atoms with E-state index < -0.39 is 17.7 Å². The number of carbonyl (C=O) groups is 4. The van der Waals surface area contributed by atoms with E-state index in [-0.39, 0.29) is 24.8 Å². The molecule has 0 radical (unpaired) electrons. The molecule has 0 unspecified atom stereocenters. The summed E-state index contributed by atoms with van der Waals surface area (Å²) in [5.41, 5.74) is 0.738. The van der Waals surface area contributed by atoms with Crippen LogP contribution in [0.2, 0.25) is 0 Å². The van der Waals surface area contributed by atoms with Crippen molar-refractivity contribution in [2.75, 3.05) is 44.6 Å². The molecule has 0 saturated carbocycles. The fourth-order valence-electron chi connectivity index (χ4n) is 4.40. The van der Waals surface area contributed by atoms with Gasteiger partial charge in [-0.05, 0) is 77.2 Å². The second kappa shape index (κ2) is 13.7. The predicted molar refractivity (Wildman–Crippen MR) is 140 cm³/mol. The molecule has 2 rings (SSSR count). The molecule has 10 heteroatoms. The summed E-state index contributed by atoms with van der Waals surface area (Å²) in [7, 11) is 0. The molecule has 1 fully saturated rings. The number of ketones is 1. The lowest BCUT2D eigenvalue weighted by molar-refractivity contribution is -0.912. The van der Waals surface area contributed by atoms with Gasteiger partial charge in [0.15, 0.2) is 12.3 Å². The molecule has 0 aliphatic carbocycles. The second-order valence-corrected chi connectivity index (χ2v) is 11.5. The van der Waals surface area contributed by atoms with Gasteiger partial charge < -0.3 is 24.6 Å². The molecule has 0 spiro atoms. The van der Waals surface area contributed by atoms with E-state index in [0.29, 0.717) is 41.0 Å². The largest absolute Gasteiger partial charge is 0.461 e. The number of amides is 2. The predicted octanol–water partition coefficient (Wildman–Crippen LogP) is 4.44. The van der Waals surface area contributed by atoms with Gasteiger partial charge in [-0.1, -0.05) is 0 Å². The number of nitrogens with one attached hydrogen (secondary N) is 2. The Bertz CT molecular complexity index is 913. The summed E-state index contributed by atoms with van der Waals surface area (Å²) in [6.45, 7) is 11.7. The Hall–Kier alpha value is -2.46. The first-order valence-electron chi connectivity index (χ1n) is 12.8. The van der Waals surface area contributed by atoms with E-state index in [0.717, 1.165) is 44.3 Å². The number of anilines is 1. The van der Waals surface area contributed by atoms with Gasteiger partial charge in [-0.15, -0.1) is 11.3 Å². The van der Waals surface area contributed by atoms with Crippen LogP contribution in [0.4, 0.5) is 10.5 Å². The highest BCUT2D eigenvalue weighted by molar-refractivity contribution is 7.12. The number of likely N-dealkylation sites (tertiary alicyclic amines) is 1. The van der Waals surface area contributed by atoms with Gasteiger partial charge >= 0.3 is 12.1 Å². The van der Waals surface area contributed by atoms with Crippen LogP contribution in [0.3, 0.4) is 0 Å². The van der Waals surface area contributed by atoms with Gasteiger partial charge in [-0.2, -0.15) is 0 Å². The lowest BCUT2D eigenvalue weighted by atomic mass is 10.2. The maximum absolute atomic E-state index is 13.0. The molecule has 1 aliphatic rings. The highest BCUT2D eigenvalue weighted by Crippen LogP contribution is 2.29. The van der Waals surface area contributed by atoms with Crippen molar-refractivity contribution in [3.05, 3.63) is 15.8 Å². The number of alkyl carbamates (subject to hydrolysis) is 1. The Balaban J connectivity index is 1.86. The highest BCUT2D eigenvalue weighted by atomic mass is 32.1. The van der Waals surface area contributed by atoms with Gasteiger partial charge in [0.05, 0.1) is 25.4 Å². The summed E-state index contributed by atoms with van der Waals surface area (Å²) in [5.74, 6) is -0.588. The van der Waals surface area contributed by atoms with E-state index >= 15 is 0 Å². The molecule has 2 N–H and O–H groups in total. The SMILES string of the molecule is CC(=O)C[N+]1(CC(=O)Nc2c(C)csc2C(=O)OCCCCNC(=O)OC(C)(C)C)CCCCCC1. The maximum atomic E-state index is 13.0.